The summed E-state index contributed by atoms with van der Waals surface area (Å²) in [5.41, 5.74) is 1.18. The highest BCUT2D eigenvalue weighted by Crippen LogP contribution is 2.28. The largest absolute Gasteiger partial charge is 0.493 e. The van der Waals surface area contributed by atoms with Crippen molar-refractivity contribution in [1.82, 2.24) is 15.1 Å². The van der Waals surface area contributed by atoms with Crippen LogP contribution in [0.2, 0.25) is 0 Å². The number of rotatable bonds is 6. The number of nitrogens with zero attached hydrogens (tertiary/aromatic N) is 2. The lowest BCUT2D eigenvalue weighted by molar-refractivity contribution is -0.137. The molecule has 8 heteroatoms. The Morgan fingerprint density at radius 2 is 2.04 bits per heavy atom. The summed E-state index contributed by atoms with van der Waals surface area (Å²) in [5.74, 6) is 1.25. The normalized spacial score (nSPS) is 20.7. The van der Waals surface area contributed by atoms with E-state index in [9.17, 15) is 4.79 Å². The molecule has 1 aromatic carbocycles. The summed E-state index contributed by atoms with van der Waals surface area (Å²) in [7, 11) is 1.63. The molecule has 2 aliphatic rings. The fraction of sp³-hybridized carbons (Fsp3) is 0.632. The number of piperazine rings is 1. The number of carbonyl (C=O) groups is 1. The molecule has 1 unspecified atom stereocenters. The highest BCUT2D eigenvalue weighted by molar-refractivity contribution is 5.85. The number of ether oxygens (including phenoxy) is 3. The van der Waals surface area contributed by atoms with Crippen LogP contribution in [0.5, 0.6) is 11.5 Å². The zero-order chi connectivity index (χ0) is 18.4. The van der Waals surface area contributed by atoms with Gasteiger partial charge in [-0.15, -0.1) is 12.4 Å². The van der Waals surface area contributed by atoms with Gasteiger partial charge in [0.15, 0.2) is 18.1 Å². The van der Waals surface area contributed by atoms with Crippen LogP contribution in [0.25, 0.3) is 0 Å². The lowest BCUT2D eigenvalue weighted by atomic mass is 10.1. The Hall–Kier alpha value is -1.54. The molecule has 1 N–H and O–H groups in total. The molecule has 0 spiro atoms. The summed E-state index contributed by atoms with van der Waals surface area (Å²) in [6, 6.07) is 6.46. The van der Waals surface area contributed by atoms with Crippen LogP contribution in [0.15, 0.2) is 18.2 Å². The third-order valence-electron chi connectivity index (χ3n) is 4.80. The molecule has 27 heavy (non-hydrogen) atoms. The molecule has 0 bridgehead atoms. The summed E-state index contributed by atoms with van der Waals surface area (Å²) >= 11 is 0. The molecule has 1 amide bonds. The van der Waals surface area contributed by atoms with Gasteiger partial charge < -0.3 is 24.4 Å². The smallest absolute Gasteiger partial charge is 0.260 e. The van der Waals surface area contributed by atoms with Gasteiger partial charge in [-0.1, -0.05) is 6.07 Å². The maximum Gasteiger partial charge on any atom is 0.260 e. The highest BCUT2D eigenvalue weighted by Gasteiger charge is 2.19. The van der Waals surface area contributed by atoms with Gasteiger partial charge in [0.2, 0.25) is 0 Å². The molecule has 2 fully saturated rings. The summed E-state index contributed by atoms with van der Waals surface area (Å²) in [4.78, 5) is 16.4. The summed E-state index contributed by atoms with van der Waals surface area (Å²) < 4.78 is 16.5. The SMILES string of the molecule is COc1cc(CN2CCNC(C)C2)ccc1OCC(=O)N1CCOCC1.Cl. The Morgan fingerprint density at radius 1 is 1.26 bits per heavy atom. The van der Waals surface area contributed by atoms with Crippen LogP contribution in [-0.2, 0) is 16.1 Å². The third kappa shape index (κ3) is 6.24. The first-order chi connectivity index (χ1) is 12.7. The van der Waals surface area contributed by atoms with Crippen molar-refractivity contribution in [1.29, 1.82) is 0 Å². The van der Waals surface area contributed by atoms with E-state index < -0.39 is 0 Å². The molecular formula is C19H30ClN3O4. The molecule has 1 aromatic rings. The van der Waals surface area contributed by atoms with Crippen LogP contribution in [0.1, 0.15) is 12.5 Å². The second-order valence-corrected chi connectivity index (χ2v) is 6.86. The quantitative estimate of drug-likeness (QED) is 0.774. The number of benzene rings is 1. The maximum atomic E-state index is 12.2. The Kier molecular flexibility index (Phi) is 8.63. The molecule has 2 saturated heterocycles. The maximum absolute atomic E-state index is 12.2. The minimum absolute atomic E-state index is 0. The minimum Gasteiger partial charge on any atom is -0.493 e. The number of carbonyl (C=O) groups excluding carboxylic acids is 1. The standard InChI is InChI=1S/C19H29N3O4.ClH/c1-15-12-21(6-5-20-15)13-16-3-4-17(18(11-16)24-2)26-14-19(23)22-7-9-25-10-8-22;/h3-4,11,15,20H,5-10,12-14H2,1-2H3;1H. The molecule has 1 atom stereocenters. The number of amides is 1. The summed E-state index contributed by atoms with van der Waals surface area (Å²) in [6.45, 7) is 8.64. The molecule has 0 aliphatic carbocycles. The van der Waals surface area contributed by atoms with Gasteiger partial charge >= 0.3 is 0 Å². The van der Waals surface area contributed by atoms with Crippen molar-refractivity contribution in [2.24, 2.45) is 0 Å². The fourth-order valence-electron chi connectivity index (χ4n) is 3.39. The van der Waals surface area contributed by atoms with E-state index in [4.69, 9.17) is 14.2 Å². The first-order valence-electron chi connectivity index (χ1n) is 9.26. The number of nitrogens with one attached hydrogen (secondary N) is 1. The number of halogens is 1. The van der Waals surface area contributed by atoms with Crippen molar-refractivity contribution in [2.75, 3.05) is 59.7 Å². The molecule has 2 heterocycles. The monoisotopic (exact) mass is 399 g/mol. The first kappa shape index (κ1) is 21.8. The lowest BCUT2D eigenvalue weighted by Gasteiger charge is -2.31. The molecule has 0 aromatic heterocycles. The van der Waals surface area contributed by atoms with Crippen molar-refractivity contribution < 1.29 is 19.0 Å². The first-order valence-corrected chi connectivity index (χ1v) is 9.26. The van der Waals surface area contributed by atoms with Gasteiger partial charge in [-0.2, -0.15) is 0 Å². The average Bonchev–Trinajstić information content (AvgIpc) is 2.67. The topological polar surface area (TPSA) is 63.3 Å². The molecule has 2 aliphatic heterocycles. The van der Waals surface area contributed by atoms with Crippen molar-refractivity contribution in [2.45, 2.75) is 19.5 Å². The Balaban J connectivity index is 0.00000261. The molecular weight excluding hydrogens is 370 g/mol. The van der Waals surface area contributed by atoms with Crippen LogP contribution in [0, 0.1) is 0 Å². The van der Waals surface area contributed by atoms with Crippen LogP contribution < -0.4 is 14.8 Å². The number of hydrogen-bond acceptors (Lipinski definition) is 6. The Morgan fingerprint density at radius 3 is 2.74 bits per heavy atom. The lowest BCUT2D eigenvalue weighted by Crippen LogP contribution is -2.48. The fourth-order valence-corrected chi connectivity index (χ4v) is 3.39. The molecule has 152 valence electrons. The van der Waals surface area contributed by atoms with E-state index in [-0.39, 0.29) is 24.9 Å². The molecule has 0 radical (unpaired) electrons. The van der Waals surface area contributed by atoms with E-state index in [0.29, 0.717) is 43.8 Å². The van der Waals surface area contributed by atoms with E-state index in [1.165, 1.54) is 5.56 Å². The van der Waals surface area contributed by atoms with Crippen LogP contribution in [0.3, 0.4) is 0 Å². The predicted molar refractivity (Wildman–Crippen MR) is 106 cm³/mol. The zero-order valence-corrected chi connectivity index (χ0v) is 16.9. The van der Waals surface area contributed by atoms with Gasteiger partial charge in [0, 0.05) is 45.3 Å². The van der Waals surface area contributed by atoms with E-state index in [1.807, 2.05) is 18.2 Å². The van der Waals surface area contributed by atoms with Crippen LogP contribution in [-0.4, -0.2) is 81.4 Å². The third-order valence-corrected chi connectivity index (χ3v) is 4.80. The van der Waals surface area contributed by atoms with Crippen molar-refractivity contribution in [3.63, 3.8) is 0 Å². The van der Waals surface area contributed by atoms with E-state index in [0.717, 1.165) is 26.2 Å². The Labute approximate surface area is 167 Å². The van der Waals surface area contributed by atoms with E-state index in [2.05, 4.69) is 17.1 Å². The zero-order valence-electron chi connectivity index (χ0n) is 16.1. The number of methoxy groups -OCH3 is 1. The number of morpholine rings is 1. The average molecular weight is 400 g/mol. The van der Waals surface area contributed by atoms with Crippen molar-refractivity contribution >= 4 is 18.3 Å². The van der Waals surface area contributed by atoms with E-state index >= 15 is 0 Å². The number of hydrogen-bond donors (Lipinski definition) is 1. The van der Waals surface area contributed by atoms with Crippen LogP contribution >= 0.6 is 12.4 Å². The second kappa shape index (κ2) is 10.7. The summed E-state index contributed by atoms with van der Waals surface area (Å²) in [6.07, 6.45) is 0. The van der Waals surface area contributed by atoms with Crippen molar-refractivity contribution in [3.8, 4) is 11.5 Å². The molecule has 3 rings (SSSR count). The molecule has 7 nitrogen and oxygen atoms in total. The minimum atomic E-state index is -0.0192. The predicted octanol–water partition coefficient (Wildman–Crippen LogP) is 1.15. The molecule has 0 saturated carbocycles. The van der Waals surface area contributed by atoms with Gasteiger partial charge in [-0.25, -0.2) is 0 Å². The second-order valence-electron chi connectivity index (χ2n) is 6.86. The van der Waals surface area contributed by atoms with Crippen molar-refractivity contribution in [3.05, 3.63) is 23.8 Å². The highest BCUT2D eigenvalue weighted by atomic mass is 35.5. The van der Waals surface area contributed by atoms with Gasteiger partial charge in [0.1, 0.15) is 0 Å². The van der Waals surface area contributed by atoms with Gasteiger partial charge in [-0.05, 0) is 24.6 Å². The Bertz CT molecular complexity index is 611. The van der Waals surface area contributed by atoms with E-state index in [1.54, 1.807) is 12.0 Å². The van der Waals surface area contributed by atoms with Gasteiger partial charge in [-0.3, -0.25) is 9.69 Å². The van der Waals surface area contributed by atoms with Gasteiger partial charge in [0.25, 0.3) is 5.91 Å². The summed E-state index contributed by atoms with van der Waals surface area (Å²) in [5, 5.41) is 3.45. The van der Waals surface area contributed by atoms with Gasteiger partial charge in [0.05, 0.1) is 20.3 Å². The van der Waals surface area contributed by atoms with Crippen LogP contribution in [0.4, 0.5) is 0 Å².